The average molecular weight is 183 g/mol. The van der Waals surface area contributed by atoms with Crippen LogP contribution < -0.4 is 0 Å². The fraction of sp³-hybridized carbons (Fsp3) is 0.143. The summed E-state index contributed by atoms with van der Waals surface area (Å²) in [6.45, 7) is 0. The van der Waals surface area contributed by atoms with Crippen molar-refractivity contribution in [1.82, 2.24) is 0 Å². The average Bonchev–Trinajstić information content (AvgIpc) is 2.03. The van der Waals surface area contributed by atoms with Crippen molar-refractivity contribution in [3.8, 4) is 0 Å². The number of aliphatic carboxylic acids is 1. The first kappa shape index (κ1) is 9.11. The summed E-state index contributed by atoms with van der Waals surface area (Å²) in [6, 6.07) is 0. The number of hydrogen-bond acceptors (Lipinski definition) is 4. The fourth-order valence-electron chi connectivity index (χ4n) is 0.891. The van der Waals surface area contributed by atoms with Crippen molar-refractivity contribution in [2.75, 3.05) is 0 Å². The molecule has 0 radical (unpaired) electrons. The molecule has 1 aliphatic rings. The lowest BCUT2D eigenvalue weighted by atomic mass is 9.98. The Balaban J connectivity index is 2.91. The zero-order valence-electron chi connectivity index (χ0n) is 6.34. The monoisotopic (exact) mass is 183 g/mol. The summed E-state index contributed by atoms with van der Waals surface area (Å²) in [5.74, 6) is -3.37. The van der Waals surface area contributed by atoms with Gasteiger partial charge >= 0.3 is 5.97 Å². The highest BCUT2D eigenvalue weighted by molar-refractivity contribution is 6.07. The van der Waals surface area contributed by atoms with Crippen LogP contribution in [0, 0.1) is 16.0 Å². The highest BCUT2D eigenvalue weighted by Crippen LogP contribution is 2.13. The summed E-state index contributed by atoms with van der Waals surface area (Å²) >= 11 is 0. The zero-order chi connectivity index (χ0) is 10.0. The van der Waals surface area contributed by atoms with E-state index in [0.717, 1.165) is 18.2 Å². The molecular weight excluding hydrogens is 178 g/mol. The highest BCUT2D eigenvalue weighted by Gasteiger charge is 2.27. The van der Waals surface area contributed by atoms with Crippen LogP contribution in [-0.2, 0) is 9.59 Å². The molecule has 0 aliphatic heterocycles. The Morgan fingerprint density at radius 3 is 2.62 bits per heavy atom. The van der Waals surface area contributed by atoms with Gasteiger partial charge in [0.2, 0.25) is 0 Å². The van der Waals surface area contributed by atoms with Crippen molar-refractivity contribution in [3.63, 3.8) is 0 Å². The van der Waals surface area contributed by atoms with Crippen LogP contribution in [0.2, 0.25) is 0 Å². The second kappa shape index (κ2) is 3.18. The molecule has 0 bridgehead atoms. The third-order valence-corrected chi connectivity index (χ3v) is 1.53. The predicted octanol–water partition coefficient (Wildman–Crippen LogP) is -0.0133. The Hall–Kier alpha value is -1.98. The van der Waals surface area contributed by atoms with E-state index in [1.807, 2.05) is 0 Å². The molecule has 0 aromatic heterocycles. The summed E-state index contributed by atoms with van der Waals surface area (Å²) < 4.78 is 0. The molecule has 6 nitrogen and oxygen atoms in total. The Morgan fingerprint density at radius 2 is 2.23 bits per heavy atom. The lowest BCUT2D eigenvalue weighted by Crippen LogP contribution is -2.23. The van der Waals surface area contributed by atoms with Gasteiger partial charge < -0.3 is 5.11 Å². The summed E-state index contributed by atoms with van der Waals surface area (Å²) in [4.78, 5) is 30.7. The van der Waals surface area contributed by atoms with Gasteiger partial charge in [-0.05, 0) is 0 Å². The van der Waals surface area contributed by atoms with Gasteiger partial charge in [-0.2, -0.15) is 0 Å². The number of nitrogens with zero attached hydrogens (tertiary/aromatic N) is 1. The normalized spacial score (nSPS) is 21.1. The van der Waals surface area contributed by atoms with Crippen molar-refractivity contribution in [3.05, 3.63) is 34.0 Å². The SMILES string of the molecule is O=C(O)C1C=CC([N+](=O)[O-])=CC1=O. The van der Waals surface area contributed by atoms with Crippen LogP contribution in [0.15, 0.2) is 23.9 Å². The molecule has 68 valence electrons. The van der Waals surface area contributed by atoms with Gasteiger partial charge in [0.1, 0.15) is 5.92 Å². The van der Waals surface area contributed by atoms with Crippen molar-refractivity contribution >= 4 is 11.8 Å². The molecule has 0 saturated heterocycles. The lowest BCUT2D eigenvalue weighted by molar-refractivity contribution is -0.419. The molecule has 0 fully saturated rings. The number of carbonyl (C=O) groups is 2. The van der Waals surface area contributed by atoms with Gasteiger partial charge in [0.25, 0.3) is 5.70 Å². The van der Waals surface area contributed by atoms with Crippen molar-refractivity contribution in [2.24, 2.45) is 5.92 Å². The molecule has 6 heteroatoms. The van der Waals surface area contributed by atoms with Crippen LogP contribution in [0.1, 0.15) is 0 Å². The minimum Gasteiger partial charge on any atom is -0.480 e. The molecule has 0 spiro atoms. The zero-order valence-corrected chi connectivity index (χ0v) is 6.34. The fourth-order valence-corrected chi connectivity index (χ4v) is 0.891. The van der Waals surface area contributed by atoms with E-state index in [0.29, 0.717) is 0 Å². The van der Waals surface area contributed by atoms with E-state index in [4.69, 9.17) is 5.11 Å². The molecule has 1 aliphatic carbocycles. The van der Waals surface area contributed by atoms with Crippen LogP contribution in [0.25, 0.3) is 0 Å². The second-order valence-corrected chi connectivity index (χ2v) is 2.40. The number of carboxylic acids is 1. The molecule has 0 amide bonds. The standard InChI is InChI=1S/C7H5NO5/c9-6-3-4(8(12)13)1-2-5(6)7(10)11/h1-3,5H,(H,10,11). The molecule has 13 heavy (non-hydrogen) atoms. The Bertz CT molecular complexity index is 341. The van der Waals surface area contributed by atoms with Gasteiger partial charge in [0.05, 0.1) is 11.0 Å². The first-order chi connectivity index (χ1) is 6.02. The smallest absolute Gasteiger partial charge is 0.318 e. The largest absolute Gasteiger partial charge is 0.480 e. The molecule has 0 aromatic carbocycles. The quantitative estimate of drug-likeness (QED) is 0.368. The maximum atomic E-state index is 10.9. The number of carboxylic acid groups (broad SMARTS) is 1. The molecular formula is C7H5NO5. The molecule has 1 rings (SSSR count). The minimum atomic E-state index is -1.31. The van der Waals surface area contributed by atoms with E-state index in [1.165, 1.54) is 0 Å². The first-order valence-electron chi connectivity index (χ1n) is 3.33. The third kappa shape index (κ3) is 1.78. The molecule has 1 unspecified atom stereocenters. The number of nitro groups is 1. The van der Waals surface area contributed by atoms with Crippen LogP contribution in [-0.4, -0.2) is 21.8 Å². The molecule has 0 aromatic rings. The number of ketones is 1. The van der Waals surface area contributed by atoms with E-state index in [9.17, 15) is 19.7 Å². The van der Waals surface area contributed by atoms with Crippen molar-refractivity contribution in [2.45, 2.75) is 0 Å². The van der Waals surface area contributed by atoms with E-state index in [1.54, 1.807) is 0 Å². The van der Waals surface area contributed by atoms with Gasteiger partial charge in [-0.1, -0.05) is 6.08 Å². The molecule has 1 N–H and O–H groups in total. The Labute approximate surface area is 72.3 Å². The van der Waals surface area contributed by atoms with E-state index in [2.05, 4.69) is 0 Å². The van der Waals surface area contributed by atoms with Gasteiger partial charge in [-0.3, -0.25) is 19.7 Å². The van der Waals surface area contributed by atoms with Crippen LogP contribution in [0.5, 0.6) is 0 Å². The second-order valence-electron chi connectivity index (χ2n) is 2.40. The summed E-state index contributed by atoms with van der Waals surface area (Å²) in [6.07, 6.45) is 2.74. The van der Waals surface area contributed by atoms with E-state index in [-0.39, 0.29) is 5.70 Å². The van der Waals surface area contributed by atoms with Crippen LogP contribution in [0.3, 0.4) is 0 Å². The van der Waals surface area contributed by atoms with Gasteiger partial charge in [-0.25, -0.2) is 0 Å². The van der Waals surface area contributed by atoms with Crippen molar-refractivity contribution < 1.29 is 19.6 Å². The lowest BCUT2D eigenvalue weighted by Gasteiger charge is -2.05. The Kier molecular flexibility index (Phi) is 2.23. The highest BCUT2D eigenvalue weighted by atomic mass is 16.6. The number of carbonyl (C=O) groups excluding carboxylic acids is 1. The van der Waals surface area contributed by atoms with Crippen LogP contribution >= 0.6 is 0 Å². The summed E-state index contributed by atoms with van der Waals surface area (Å²) in [7, 11) is 0. The van der Waals surface area contributed by atoms with Gasteiger partial charge in [-0.15, -0.1) is 0 Å². The molecule has 1 atom stereocenters. The van der Waals surface area contributed by atoms with Gasteiger partial charge in [0.15, 0.2) is 5.78 Å². The number of allylic oxidation sites excluding steroid dienone is 2. The molecule has 0 heterocycles. The first-order valence-corrected chi connectivity index (χ1v) is 3.33. The van der Waals surface area contributed by atoms with Crippen molar-refractivity contribution in [1.29, 1.82) is 0 Å². The minimum absolute atomic E-state index is 0.387. The third-order valence-electron chi connectivity index (χ3n) is 1.53. The van der Waals surface area contributed by atoms with Crippen LogP contribution in [0.4, 0.5) is 0 Å². The maximum Gasteiger partial charge on any atom is 0.318 e. The van der Waals surface area contributed by atoms with Gasteiger partial charge in [0, 0.05) is 6.08 Å². The summed E-state index contributed by atoms with van der Waals surface area (Å²) in [5, 5.41) is 18.6. The maximum absolute atomic E-state index is 10.9. The predicted molar refractivity (Wildman–Crippen MR) is 40.4 cm³/mol. The van der Waals surface area contributed by atoms with E-state index < -0.39 is 22.6 Å². The number of hydrogen-bond donors (Lipinski definition) is 1. The topological polar surface area (TPSA) is 97.5 Å². The summed E-state index contributed by atoms with van der Waals surface area (Å²) in [5.41, 5.74) is -0.387. The van der Waals surface area contributed by atoms with E-state index >= 15 is 0 Å². The number of rotatable bonds is 2. The Morgan fingerprint density at radius 1 is 1.62 bits per heavy atom. The molecule has 0 saturated carbocycles.